The first-order valence-electron chi connectivity index (χ1n) is 15.1. The van der Waals surface area contributed by atoms with Crippen molar-refractivity contribution in [2.45, 2.75) is 89.4 Å². The average Bonchev–Trinajstić information content (AvgIpc) is 2.99. The number of amides is 2. The van der Waals surface area contributed by atoms with Gasteiger partial charge in [0.05, 0.1) is 6.04 Å². The van der Waals surface area contributed by atoms with Gasteiger partial charge in [0.15, 0.2) is 5.76 Å². The Kier molecular flexibility index (Phi) is 9.82. The van der Waals surface area contributed by atoms with Gasteiger partial charge in [0.25, 0.3) is 11.8 Å². The van der Waals surface area contributed by atoms with Crippen LogP contribution in [0, 0.1) is 0 Å². The molecule has 0 bridgehead atoms. The van der Waals surface area contributed by atoms with Crippen LogP contribution >= 0.6 is 11.6 Å². The molecule has 1 aliphatic carbocycles. The quantitative estimate of drug-likeness (QED) is 0.282. The van der Waals surface area contributed by atoms with E-state index in [1.165, 1.54) is 32.2 Å². The fraction of sp³-hybridized carbons (Fsp3) is 0.515. The summed E-state index contributed by atoms with van der Waals surface area (Å²) in [6.07, 6.45) is 12.0. The Morgan fingerprint density at radius 3 is 2.55 bits per heavy atom. The Hall–Kier alpha value is -2.83. The monoisotopic (exact) mass is 563 g/mol. The first kappa shape index (κ1) is 28.7. The summed E-state index contributed by atoms with van der Waals surface area (Å²) < 4.78 is 6.27. The van der Waals surface area contributed by atoms with Gasteiger partial charge in [-0.3, -0.25) is 9.59 Å². The topological polar surface area (TPSA) is 61.9 Å². The van der Waals surface area contributed by atoms with Crippen molar-refractivity contribution in [3.8, 4) is 0 Å². The van der Waals surface area contributed by atoms with Crippen LogP contribution in [-0.2, 0) is 16.1 Å². The van der Waals surface area contributed by atoms with Crippen LogP contribution in [0.2, 0.25) is 5.02 Å². The highest BCUT2D eigenvalue weighted by Gasteiger charge is 2.41. The lowest BCUT2D eigenvalue weighted by atomic mass is 9.89. The molecule has 3 unspecified atom stereocenters. The summed E-state index contributed by atoms with van der Waals surface area (Å²) in [5, 5.41) is 3.76. The maximum absolute atomic E-state index is 13.6. The predicted molar refractivity (Wildman–Crippen MR) is 160 cm³/mol. The number of carbonyl (C=O) groups is 2. The molecule has 2 aromatic carbocycles. The van der Waals surface area contributed by atoms with Crippen LogP contribution in [0.25, 0.3) is 6.08 Å². The Labute approximate surface area is 243 Å². The van der Waals surface area contributed by atoms with E-state index in [-0.39, 0.29) is 24.0 Å². The molecular weight excluding hydrogens is 522 g/mol. The second-order valence-electron chi connectivity index (χ2n) is 11.4. The number of likely N-dealkylation sites (tertiary alicyclic amines) is 1. The van der Waals surface area contributed by atoms with Gasteiger partial charge in [-0.15, -0.1) is 0 Å². The van der Waals surface area contributed by atoms with Gasteiger partial charge >= 0.3 is 0 Å². The molecule has 2 amide bonds. The lowest BCUT2D eigenvalue weighted by Crippen LogP contribution is -2.54. The smallest absolute Gasteiger partial charge is 0.289 e. The average molecular weight is 564 g/mol. The second-order valence-corrected chi connectivity index (χ2v) is 11.8. The van der Waals surface area contributed by atoms with Crippen molar-refractivity contribution in [3.05, 3.63) is 76.0 Å². The molecule has 0 radical (unpaired) electrons. The third-order valence-corrected chi connectivity index (χ3v) is 8.93. The van der Waals surface area contributed by atoms with Crippen LogP contribution in [0.4, 0.5) is 0 Å². The van der Waals surface area contributed by atoms with E-state index in [9.17, 15) is 9.59 Å². The molecule has 3 atom stereocenters. The SMILES string of the molecule is CCC1CCCCN1CCCNC(=O)c1ccc(/C=C2\OC3CCCCC3N(Cc3ccc(Cl)cc3)C2=O)cc1. The first-order chi connectivity index (χ1) is 19.5. The van der Waals surface area contributed by atoms with Gasteiger partial charge in [0.1, 0.15) is 6.10 Å². The summed E-state index contributed by atoms with van der Waals surface area (Å²) in [6, 6.07) is 15.9. The molecule has 3 fully saturated rings. The standard InChI is InChI=1S/C33H42ClN3O3/c1-2-28-8-5-6-20-36(28)21-7-19-35-32(38)26-15-11-24(12-16-26)22-31-33(39)37(23-25-13-17-27(34)18-14-25)29-9-3-4-10-30(29)40-31/h11-18,22,28-30H,2-10,19-21,23H2,1H3,(H,35,38)/b31-22-. The maximum atomic E-state index is 13.6. The zero-order valence-corrected chi connectivity index (χ0v) is 24.4. The van der Waals surface area contributed by atoms with Gasteiger partial charge < -0.3 is 19.9 Å². The van der Waals surface area contributed by atoms with Crippen molar-refractivity contribution in [2.75, 3.05) is 19.6 Å². The minimum absolute atomic E-state index is 0.00703. The van der Waals surface area contributed by atoms with Crippen LogP contribution in [0.3, 0.4) is 0 Å². The van der Waals surface area contributed by atoms with E-state index in [4.69, 9.17) is 16.3 Å². The fourth-order valence-corrected chi connectivity index (χ4v) is 6.56. The molecule has 1 saturated carbocycles. The summed E-state index contributed by atoms with van der Waals surface area (Å²) in [6.45, 7) is 5.69. The number of carbonyl (C=O) groups excluding carboxylic acids is 2. The summed E-state index contributed by atoms with van der Waals surface area (Å²) in [5.41, 5.74) is 2.52. The number of morpholine rings is 1. The Bertz CT molecular complexity index is 1180. The molecular formula is C33H42ClN3O3. The number of benzene rings is 2. The number of ether oxygens (including phenoxy) is 1. The molecule has 3 aliphatic rings. The van der Waals surface area contributed by atoms with Crippen molar-refractivity contribution in [1.82, 2.24) is 15.1 Å². The minimum Gasteiger partial charge on any atom is -0.482 e. The lowest BCUT2D eigenvalue weighted by molar-refractivity contribution is -0.149. The molecule has 6 nitrogen and oxygen atoms in total. The number of hydrogen-bond donors (Lipinski definition) is 1. The third kappa shape index (κ3) is 7.08. The van der Waals surface area contributed by atoms with Crippen LogP contribution in [0.5, 0.6) is 0 Å². The molecule has 5 rings (SSSR count). The molecule has 40 heavy (non-hydrogen) atoms. The molecule has 2 saturated heterocycles. The number of nitrogens with zero attached hydrogens (tertiary/aromatic N) is 2. The van der Waals surface area contributed by atoms with E-state index in [2.05, 4.69) is 17.1 Å². The van der Waals surface area contributed by atoms with Crippen LogP contribution in [0.1, 0.15) is 86.2 Å². The van der Waals surface area contributed by atoms with Crippen molar-refractivity contribution < 1.29 is 14.3 Å². The maximum Gasteiger partial charge on any atom is 0.289 e. The van der Waals surface area contributed by atoms with E-state index in [0.717, 1.165) is 49.8 Å². The Morgan fingerprint density at radius 2 is 1.77 bits per heavy atom. The molecule has 1 N–H and O–H groups in total. The van der Waals surface area contributed by atoms with E-state index < -0.39 is 0 Å². The highest BCUT2D eigenvalue weighted by molar-refractivity contribution is 6.30. The number of nitrogens with one attached hydrogen (secondary N) is 1. The zero-order valence-electron chi connectivity index (χ0n) is 23.6. The van der Waals surface area contributed by atoms with Crippen molar-refractivity contribution in [2.24, 2.45) is 0 Å². The van der Waals surface area contributed by atoms with Crippen LogP contribution in [-0.4, -0.2) is 59.4 Å². The molecule has 7 heteroatoms. The number of hydrogen-bond acceptors (Lipinski definition) is 4. The van der Waals surface area contributed by atoms with Gasteiger partial charge in [0, 0.05) is 36.3 Å². The highest BCUT2D eigenvalue weighted by Crippen LogP contribution is 2.34. The van der Waals surface area contributed by atoms with Crippen molar-refractivity contribution in [3.63, 3.8) is 0 Å². The second kappa shape index (κ2) is 13.7. The molecule has 2 aromatic rings. The van der Waals surface area contributed by atoms with E-state index >= 15 is 0 Å². The summed E-state index contributed by atoms with van der Waals surface area (Å²) in [4.78, 5) is 30.9. The Morgan fingerprint density at radius 1 is 1.02 bits per heavy atom. The zero-order chi connectivity index (χ0) is 27.9. The van der Waals surface area contributed by atoms with Crippen molar-refractivity contribution >= 4 is 29.5 Å². The summed E-state index contributed by atoms with van der Waals surface area (Å²) >= 11 is 6.07. The molecule has 0 aromatic heterocycles. The number of piperidine rings is 1. The van der Waals surface area contributed by atoms with E-state index in [1.54, 1.807) is 0 Å². The molecule has 2 heterocycles. The fourth-order valence-electron chi connectivity index (χ4n) is 6.43. The van der Waals surface area contributed by atoms with Gasteiger partial charge in [-0.25, -0.2) is 0 Å². The summed E-state index contributed by atoms with van der Waals surface area (Å²) in [7, 11) is 0. The first-order valence-corrected chi connectivity index (χ1v) is 15.5. The van der Waals surface area contributed by atoms with Crippen LogP contribution in [0.15, 0.2) is 54.3 Å². The minimum atomic E-state index is -0.0843. The van der Waals surface area contributed by atoms with E-state index in [1.807, 2.05) is 59.5 Å². The largest absolute Gasteiger partial charge is 0.482 e. The Balaban J connectivity index is 1.19. The van der Waals surface area contributed by atoms with Gasteiger partial charge in [-0.2, -0.15) is 0 Å². The molecule has 2 aliphatic heterocycles. The normalized spacial score (nSPS) is 24.4. The third-order valence-electron chi connectivity index (χ3n) is 8.68. The van der Waals surface area contributed by atoms with Crippen molar-refractivity contribution in [1.29, 1.82) is 0 Å². The molecule has 0 spiro atoms. The summed E-state index contributed by atoms with van der Waals surface area (Å²) in [5.74, 6) is 0.227. The number of fused-ring (bicyclic) bond motifs is 1. The van der Waals surface area contributed by atoms with E-state index in [0.29, 0.717) is 35.5 Å². The van der Waals surface area contributed by atoms with Crippen LogP contribution < -0.4 is 5.32 Å². The molecule has 214 valence electrons. The number of halogens is 1. The van der Waals surface area contributed by atoms with Gasteiger partial charge in [-0.05, 0) is 93.0 Å². The lowest BCUT2D eigenvalue weighted by Gasteiger charge is -2.44. The van der Waals surface area contributed by atoms with Gasteiger partial charge in [0.2, 0.25) is 0 Å². The highest BCUT2D eigenvalue weighted by atomic mass is 35.5. The number of rotatable bonds is 9. The predicted octanol–water partition coefficient (Wildman–Crippen LogP) is 6.44. The van der Waals surface area contributed by atoms with Gasteiger partial charge in [-0.1, -0.05) is 55.6 Å².